The molecule has 0 bridgehead atoms. The molecule has 4 rings (SSSR count). The van der Waals surface area contributed by atoms with E-state index in [2.05, 4.69) is 36.3 Å². The Kier molecular flexibility index (Phi) is 5.16. The number of amides is 1. The first-order valence-electron chi connectivity index (χ1n) is 9.82. The van der Waals surface area contributed by atoms with E-state index >= 15 is 0 Å². The summed E-state index contributed by atoms with van der Waals surface area (Å²) in [5.41, 5.74) is 3.95. The number of fused-ring (bicyclic) bond motifs is 1. The van der Waals surface area contributed by atoms with Crippen LogP contribution in [0.2, 0.25) is 0 Å². The van der Waals surface area contributed by atoms with Crippen molar-refractivity contribution in [3.8, 4) is 5.82 Å². The summed E-state index contributed by atoms with van der Waals surface area (Å²) in [4.78, 5) is 17.3. The molecule has 0 aliphatic heterocycles. The lowest BCUT2D eigenvalue weighted by Crippen LogP contribution is -2.31. The zero-order chi connectivity index (χ0) is 20.4. The standard InChI is InChI=1S/C23H25N5O/c1-16-13-18(3)25-22-21(16)23(27-11-7-8-12-27)26-28(22)15-20(29)24-14-17(2)19-9-5-4-6-10-19/h4-13,17H,14-15H2,1-3H3,(H,24,29)/t17-/m1/s1. The van der Waals surface area contributed by atoms with E-state index in [0.29, 0.717) is 6.54 Å². The quantitative estimate of drug-likeness (QED) is 0.548. The van der Waals surface area contributed by atoms with Crippen molar-refractivity contribution in [1.82, 2.24) is 24.6 Å². The average molecular weight is 387 g/mol. The fourth-order valence-electron chi connectivity index (χ4n) is 3.62. The first kappa shape index (κ1) is 18.9. The molecule has 148 valence electrons. The Morgan fingerprint density at radius 3 is 2.55 bits per heavy atom. The van der Waals surface area contributed by atoms with Gasteiger partial charge in [0.15, 0.2) is 11.5 Å². The molecule has 6 heteroatoms. The van der Waals surface area contributed by atoms with Crippen LogP contribution in [-0.2, 0) is 11.3 Å². The minimum Gasteiger partial charge on any atom is -0.354 e. The summed E-state index contributed by atoms with van der Waals surface area (Å²) >= 11 is 0. The van der Waals surface area contributed by atoms with Gasteiger partial charge in [0, 0.05) is 24.6 Å². The fourth-order valence-corrected chi connectivity index (χ4v) is 3.62. The predicted octanol–water partition coefficient (Wildman–Crippen LogP) is 3.76. The number of pyridine rings is 1. The van der Waals surface area contributed by atoms with Crippen LogP contribution in [0.25, 0.3) is 16.9 Å². The Balaban J connectivity index is 1.57. The molecule has 0 saturated heterocycles. The summed E-state index contributed by atoms with van der Waals surface area (Å²) in [6.07, 6.45) is 3.90. The topological polar surface area (TPSA) is 64.7 Å². The normalized spacial score (nSPS) is 12.2. The smallest absolute Gasteiger partial charge is 0.241 e. The maximum atomic E-state index is 12.7. The van der Waals surface area contributed by atoms with Gasteiger partial charge in [-0.1, -0.05) is 37.3 Å². The molecule has 3 heterocycles. The van der Waals surface area contributed by atoms with Gasteiger partial charge in [-0.15, -0.1) is 0 Å². The molecule has 0 fully saturated rings. The van der Waals surface area contributed by atoms with E-state index in [0.717, 1.165) is 28.1 Å². The maximum absolute atomic E-state index is 12.7. The summed E-state index contributed by atoms with van der Waals surface area (Å²) in [5.74, 6) is 0.963. The minimum absolute atomic E-state index is 0.0720. The van der Waals surface area contributed by atoms with E-state index in [1.165, 1.54) is 5.56 Å². The number of hydrogen-bond donors (Lipinski definition) is 1. The lowest BCUT2D eigenvalue weighted by Gasteiger charge is -2.13. The van der Waals surface area contributed by atoms with Gasteiger partial charge in [0.2, 0.25) is 5.91 Å². The summed E-state index contributed by atoms with van der Waals surface area (Å²) in [6.45, 7) is 6.84. The SMILES string of the molecule is Cc1cc(C)c2c(-n3cccc3)nn(CC(=O)NC[C@@H](C)c3ccccc3)c2n1. The molecule has 1 amide bonds. The van der Waals surface area contributed by atoms with Gasteiger partial charge in [-0.3, -0.25) is 4.79 Å². The van der Waals surface area contributed by atoms with Gasteiger partial charge in [0.25, 0.3) is 0 Å². The van der Waals surface area contributed by atoms with Gasteiger partial charge in [-0.2, -0.15) is 5.10 Å². The highest BCUT2D eigenvalue weighted by atomic mass is 16.2. The van der Waals surface area contributed by atoms with Crippen molar-refractivity contribution in [3.05, 3.63) is 77.7 Å². The molecule has 0 spiro atoms. The second kappa shape index (κ2) is 7.91. The molecule has 29 heavy (non-hydrogen) atoms. The van der Waals surface area contributed by atoms with E-state index < -0.39 is 0 Å². The molecule has 1 atom stereocenters. The fraction of sp³-hybridized carbons (Fsp3) is 0.261. The summed E-state index contributed by atoms with van der Waals surface area (Å²) in [5, 5.41) is 8.72. The van der Waals surface area contributed by atoms with E-state index in [9.17, 15) is 4.79 Å². The van der Waals surface area contributed by atoms with E-state index in [1.807, 2.05) is 60.3 Å². The van der Waals surface area contributed by atoms with Crippen LogP contribution in [0, 0.1) is 13.8 Å². The minimum atomic E-state index is -0.0720. The molecule has 3 aromatic heterocycles. The molecule has 0 aliphatic carbocycles. The summed E-state index contributed by atoms with van der Waals surface area (Å²) < 4.78 is 3.66. The van der Waals surface area contributed by atoms with Gasteiger partial charge in [-0.05, 0) is 49.1 Å². The summed E-state index contributed by atoms with van der Waals surface area (Å²) in [6, 6.07) is 16.2. The Bertz CT molecular complexity index is 1130. The highest BCUT2D eigenvalue weighted by Crippen LogP contribution is 2.25. The molecule has 0 aliphatic rings. The average Bonchev–Trinajstić information content (AvgIpc) is 3.35. The monoisotopic (exact) mass is 387 g/mol. The van der Waals surface area contributed by atoms with Crippen LogP contribution in [0.4, 0.5) is 0 Å². The van der Waals surface area contributed by atoms with Crippen molar-refractivity contribution in [2.45, 2.75) is 33.2 Å². The van der Waals surface area contributed by atoms with Crippen molar-refractivity contribution in [3.63, 3.8) is 0 Å². The highest BCUT2D eigenvalue weighted by molar-refractivity contribution is 5.88. The second-order valence-electron chi connectivity index (χ2n) is 7.47. The molecule has 1 aromatic carbocycles. The van der Waals surface area contributed by atoms with Crippen molar-refractivity contribution < 1.29 is 4.79 Å². The number of hydrogen-bond acceptors (Lipinski definition) is 3. The van der Waals surface area contributed by atoms with Crippen LogP contribution < -0.4 is 5.32 Å². The van der Waals surface area contributed by atoms with Crippen LogP contribution >= 0.6 is 0 Å². The Morgan fingerprint density at radius 2 is 1.83 bits per heavy atom. The summed E-state index contributed by atoms with van der Waals surface area (Å²) in [7, 11) is 0. The number of nitrogens with zero attached hydrogens (tertiary/aromatic N) is 4. The van der Waals surface area contributed by atoms with E-state index in [-0.39, 0.29) is 18.4 Å². The predicted molar refractivity (Wildman–Crippen MR) is 114 cm³/mol. The first-order chi connectivity index (χ1) is 14.0. The zero-order valence-electron chi connectivity index (χ0n) is 17.0. The molecular weight excluding hydrogens is 362 g/mol. The van der Waals surface area contributed by atoms with Crippen molar-refractivity contribution >= 4 is 16.9 Å². The van der Waals surface area contributed by atoms with Gasteiger partial charge in [0.1, 0.15) is 6.54 Å². The van der Waals surface area contributed by atoms with Crippen LogP contribution in [0.3, 0.4) is 0 Å². The lowest BCUT2D eigenvalue weighted by molar-refractivity contribution is -0.121. The molecule has 0 unspecified atom stereocenters. The Morgan fingerprint density at radius 1 is 1.10 bits per heavy atom. The maximum Gasteiger partial charge on any atom is 0.241 e. The van der Waals surface area contributed by atoms with Crippen molar-refractivity contribution in [1.29, 1.82) is 0 Å². The van der Waals surface area contributed by atoms with E-state index in [1.54, 1.807) is 4.68 Å². The number of carbonyl (C=O) groups is 1. The highest BCUT2D eigenvalue weighted by Gasteiger charge is 2.18. The number of nitrogens with one attached hydrogen (secondary N) is 1. The number of benzene rings is 1. The lowest BCUT2D eigenvalue weighted by atomic mass is 10.0. The van der Waals surface area contributed by atoms with Gasteiger partial charge in [-0.25, -0.2) is 9.67 Å². The van der Waals surface area contributed by atoms with Crippen LogP contribution in [0.15, 0.2) is 60.9 Å². The Hall–Kier alpha value is -3.41. The van der Waals surface area contributed by atoms with Crippen molar-refractivity contribution in [2.24, 2.45) is 0 Å². The van der Waals surface area contributed by atoms with Gasteiger partial charge >= 0.3 is 0 Å². The molecule has 0 radical (unpaired) electrons. The molecule has 4 aromatic rings. The van der Waals surface area contributed by atoms with E-state index in [4.69, 9.17) is 5.10 Å². The number of aromatic nitrogens is 4. The molecule has 0 saturated carbocycles. The van der Waals surface area contributed by atoms with Crippen molar-refractivity contribution in [2.75, 3.05) is 6.54 Å². The number of rotatable bonds is 6. The van der Waals surface area contributed by atoms with Gasteiger partial charge in [0.05, 0.1) is 5.39 Å². The third kappa shape index (κ3) is 3.92. The zero-order valence-corrected chi connectivity index (χ0v) is 17.0. The van der Waals surface area contributed by atoms with Crippen LogP contribution in [0.1, 0.15) is 29.7 Å². The van der Waals surface area contributed by atoms with Crippen LogP contribution in [-0.4, -0.2) is 31.8 Å². The number of aryl methyl sites for hydroxylation is 2. The Labute approximate surface area is 170 Å². The first-order valence-corrected chi connectivity index (χ1v) is 9.82. The molecule has 1 N–H and O–H groups in total. The molecular formula is C23H25N5O. The van der Waals surface area contributed by atoms with Gasteiger partial charge < -0.3 is 9.88 Å². The number of carbonyl (C=O) groups excluding carboxylic acids is 1. The van der Waals surface area contributed by atoms with Crippen LogP contribution in [0.5, 0.6) is 0 Å². The third-order valence-corrected chi connectivity index (χ3v) is 5.13. The second-order valence-corrected chi connectivity index (χ2v) is 7.47. The third-order valence-electron chi connectivity index (χ3n) is 5.13. The largest absolute Gasteiger partial charge is 0.354 e. The molecule has 6 nitrogen and oxygen atoms in total.